The van der Waals surface area contributed by atoms with E-state index >= 15 is 0 Å². The Hall–Kier alpha value is -1.20. The number of aliphatic hydroxyl groups excluding tert-OH is 1. The number of pyridine rings is 1. The summed E-state index contributed by atoms with van der Waals surface area (Å²) in [7, 11) is 0. The molecule has 0 aliphatic carbocycles. The van der Waals surface area contributed by atoms with Gasteiger partial charge in [0.15, 0.2) is 0 Å². The molecule has 2 aromatic rings. The summed E-state index contributed by atoms with van der Waals surface area (Å²) in [5.41, 5.74) is 2.00. The van der Waals surface area contributed by atoms with Crippen LogP contribution in [0.3, 0.4) is 0 Å². The van der Waals surface area contributed by atoms with Crippen LogP contribution in [0.4, 0.5) is 0 Å². The molecule has 2 rings (SSSR count). The molecule has 138 valence electrons. The van der Waals surface area contributed by atoms with Crippen LogP contribution < -0.4 is 4.74 Å². The highest BCUT2D eigenvalue weighted by molar-refractivity contribution is 8.00. The molecule has 24 heavy (non-hydrogen) atoms. The van der Waals surface area contributed by atoms with Gasteiger partial charge in [-0.25, -0.2) is 4.98 Å². The molecule has 0 unspecified atom stereocenters. The third kappa shape index (κ3) is 7.14. The van der Waals surface area contributed by atoms with Crippen LogP contribution in [0.1, 0.15) is 60.6 Å². The quantitative estimate of drug-likeness (QED) is 0.581. The third-order valence-corrected chi connectivity index (χ3v) is 3.87. The topological polar surface area (TPSA) is 46.8 Å². The Kier molecular flexibility index (Phi) is 10.8. The minimum absolute atomic E-state index is 0.108. The van der Waals surface area contributed by atoms with Crippen molar-refractivity contribution in [2.45, 2.75) is 71.5 Å². The van der Waals surface area contributed by atoms with Gasteiger partial charge in [0, 0.05) is 41.9 Å². The molecule has 0 aliphatic rings. The van der Waals surface area contributed by atoms with Crippen molar-refractivity contribution in [3.63, 3.8) is 0 Å². The molecule has 0 atom stereocenters. The summed E-state index contributed by atoms with van der Waals surface area (Å²) >= 11 is 1.78. The summed E-state index contributed by atoms with van der Waals surface area (Å²) in [5, 5.41) is 8.87. The largest absolute Gasteiger partial charge is 0.492 e. The molecule has 0 radical (unpaired) electrons. The predicted molar refractivity (Wildman–Crippen MR) is 105 cm³/mol. The van der Waals surface area contributed by atoms with E-state index in [1.807, 2.05) is 46.9 Å². The van der Waals surface area contributed by atoms with Crippen molar-refractivity contribution >= 4 is 17.4 Å². The van der Waals surface area contributed by atoms with Crippen molar-refractivity contribution in [1.82, 2.24) is 9.38 Å². The van der Waals surface area contributed by atoms with Gasteiger partial charge in [-0.1, -0.05) is 48.5 Å². The zero-order valence-corrected chi connectivity index (χ0v) is 17.3. The van der Waals surface area contributed by atoms with Crippen molar-refractivity contribution in [2.24, 2.45) is 0 Å². The number of hydrogen-bond acceptors (Lipinski definition) is 4. The molecule has 0 spiro atoms. The Morgan fingerprint density at radius 2 is 1.83 bits per heavy atom. The lowest BCUT2D eigenvalue weighted by Gasteiger charge is -2.20. The van der Waals surface area contributed by atoms with E-state index in [0.29, 0.717) is 13.0 Å². The molecule has 0 saturated heterocycles. The number of aryl methyl sites for hydroxylation is 1. The molecule has 2 heterocycles. The summed E-state index contributed by atoms with van der Waals surface area (Å²) in [6.07, 6.45) is 4.58. The summed E-state index contributed by atoms with van der Waals surface area (Å²) in [6.45, 7) is 17.2. The van der Waals surface area contributed by atoms with Crippen LogP contribution >= 0.6 is 11.8 Å². The Balaban J connectivity index is 0.00000123. The van der Waals surface area contributed by atoms with Gasteiger partial charge < -0.3 is 14.2 Å². The minimum atomic E-state index is 0.108. The lowest BCUT2D eigenvalue weighted by Crippen LogP contribution is -2.09. The molecule has 1 N–H and O–H groups in total. The molecule has 0 aromatic carbocycles. The van der Waals surface area contributed by atoms with Crippen LogP contribution in [0.15, 0.2) is 23.4 Å². The van der Waals surface area contributed by atoms with Crippen LogP contribution in [0.25, 0.3) is 5.65 Å². The number of nitrogens with zero attached hydrogens (tertiary/aromatic N) is 2. The molecule has 5 heteroatoms. The molecule has 0 saturated carbocycles. The van der Waals surface area contributed by atoms with E-state index in [1.54, 1.807) is 11.8 Å². The Morgan fingerprint density at radius 1 is 1.21 bits per heavy atom. The number of hydrogen-bond donors (Lipinski definition) is 1. The number of fused-ring (bicyclic) bond motifs is 1. The van der Waals surface area contributed by atoms with Gasteiger partial charge in [-0.2, -0.15) is 0 Å². The number of imidazole rings is 1. The van der Waals surface area contributed by atoms with Gasteiger partial charge >= 0.3 is 0 Å². The highest BCUT2D eigenvalue weighted by atomic mass is 32.2. The fraction of sp³-hybridized carbons (Fsp3) is 0.632. The highest BCUT2D eigenvalue weighted by Gasteiger charge is 2.17. The molecule has 0 fully saturated rings. The van der Waals surface area contributed by atoms with Gasteiger partial charge in [-0.3, -0.25) is 0 Å². The molecule has 0 amide bonds. The third-order valence-electron chi connectivity index (χ3n) is 2.74. The standard InChI is InChI=1S/C15H22N2O2S.2C2H6/c1-11-9-16-14-8-12(19-7-5-6-18)13(10-17(11)14)20-15(2,3)4;2*1-2/h8-10,18H,5-7H2,1-4H3;2*1-2H3. The van der Waals surface area contributed by atoms with Crippen molar-refractivity contribution in [3.05, 3.63) is 24.2 Å². The summed E-state index contributed by atoms with van der Waals surface area (Å²) < 4.78 is 7.99. The van der Waals surface area contributed by atoms with Crippen molar-refractivity contribution < 1.29 is 9.84 Å². The van der Waals surface area contributed by atoms with Crippen LogP contribution in [0.2, 0.25) is 0 Å². The molecular weight excluding hydrogens is 320 g/mol. The Labute approximate surface area is 151 Å². The maximum Gasteiger partial charge on any atom is 0.140 e. The monoisotopic (exact) mass is 354 g/mol. The number of rotatable bonds is 5. The second-order valence-electron chi connectivity index (χ2n) is 5.77. The van der Waals surface area contributed by atoms with Crippen molar-refractivity contribution in [3.8, 4) is 5.75 Å². The number of ether oxygens (including phenoxy) is 1. The first-order chi connectivity index (χ1) is 11.4. The van der Waals surface area contributed by atoms with E-state index in [1.165, 1.54) is 0 Å². The van der Waals surface area contributed by atoms with Crippen LogP contribution in [-0.4, -0.2) is 32.5 Å². The molecular formula is C19H34N2O2S. The number of aromatic nitrogens is 2. The fourth-order valence-corrected chi connectivity index (χ4v) is 2.91. The van der Waals surface area contributed by atoms with Crippen molar-refractivity contribution in [1.29, 1.82) is 0 Å². The van der Waals surface area contributed by atoms with Gasteiger partial charge in [-0.15, -0.1) is 11.8 Å². The minimum Gasteiger partial charge on any atom is -0.492 e. The first-order valence-electron chi connectivity index (χ1n) is 8.81. The predicted octanol–water partition coefficient (Wildman–Crippen LogP) is 5.35. The smallest absolute Gasteiger partial charge is 0.140 e. The average Bonchev–Trinajstić information content (AvgIpc) is 2.91. The molecule has 4 nitrogen and oxygen atoms in total. The van der Waals surface area contributed by atoms with Gasteiger partial charge in [0.2, 0.25) is 0 Å². The second kappa shape index (κ2) is 11.4. The van der Waals surface area contributed by atoms with E-state index in [0.717, 1.165) is 22.0 Å². The van der Waals surface area contributed by atoms with Gasteiger partial charge in [0.05, 0.1) is 11.5 Å². The molecule has 0 aliphatic heterocycles. The molecule has 2 aromatic heterocycles. The summed E-state index contributed by atoms with van der Waals surface area (Å²) in [6, 6.07) is 1.97. The molecule has 0 bridgehead atoms. The SMILES string of the molecule is CC.CC.Cc1cnc2cc(OCCCO)c(SC(C)(C)C)cn12. The Morgan fingerprint density at radius 3 is 2.38 bits per heavy atom. The highest BCUT2D eigenvalue weighted by Crippen LogP contribution is 2.38. The lowest BCUT2D eigenvalue weighted by molar-refractivity contribution is 0.231. The van der Waals surface area contributed by atoms with Crippen LogP contribution in [0, 0.1) is 6.92 Å². The van der Waals surface area contributed by atoms with E-state index in [-0.39, 0.29) is 11.4 Å². The van der Waals surface area contributed by atoms with E-state index in [4.69, 9.17) is 9.84 Å². The van der Waals surface area contributed by atoms with Crippen LogP contribution in [0.5, 0.6) is 5.75 Å². The maximum atomic E-state index is 8.87. The number of thioether (sulfide) groups is 1. The van der Waals surface area contributed by atoms with Gasteiger partial charge in [-0.05, 0) is 6.92 Å². The Bertz CT molecular complexity index is 589. The fourth-order valence-electron chi connectivity index (χ4n) is 1.87. The zero-order chi connectivity index (χ0) is 18.8. The first-order valence-corrected chi connectivity index (χ1v) is 9.63. The average molecular weight is 355 g/mol. The van der Waals surface area contributed by atoms with Crippen molar-refractivity contribution in [2.75, 3.05) is 13.2 Å². The summed E-state index contributed by atoms with van der Waals surface area (Å²) in [5.74, 6) is 0.844. The van der Waals surface area contributed by atoms with E-state index < -0.39 is 0 Å². The maximum absolute atomic E-state index is 8.87. The van der Waals surface area contributed by atoms with Gasteiger partial charge in [0.25, 0.3) is 0 Å². The zero-order valence-electron chi connectivity index (χ0n) is 16.5. The lowest BCUT2D eigenvalue weighted by atomic mass is 10.3. The summed E-state index contributed by atoms with van der Waals surface area (Å²) in [4.78, 5) is 5.47. The van der Waals surface area contributed by atoms with E-state index in [9.17, 15) is 0 Å². The van der Waals surface area contributed by atoms with E-state index in [2.05, 4.69) is 36.4 Å². The second-order valence-corrected chi connectivity index (χ2v) is 7.64. The normalized spacial score (nSPS) is 10.5. The van der Waals surface area contributed by atoms with Crippen LogP contribution in [-0.2, 0) is 0 Å². The number of aliphatic hydroxyl groups is 1. The van der Waals surface area contributed by atoms with Gasteiger partial charge in [0.1, 0.15) is 11.4 Å². The first kappa shape index (κ1) is 22.8.